The molecule has 1 heterocycles. The van der Waals surface area contributed by atoms with Gasteiger partial charge in [-0.25, -0.2) is 4.79 Å². The lowest BCUT2D eigenvalue weighted by atomic mass is 10.2. The highest BCUT2D eigenvalue weighted by Gasteiger charge is 2.06. The lowest BCUT2D eigenvalue weighted by Crippen LogP contribution is -2.04. The molecule has 0 N–H and O–H groups in total. The van der Waals surface area contributed by atoms with Crippen molar-refractivity contribution < 1.29 is 14.3 Å². The molecule has 1 aromatic heterocycles. The highest BCUT2D eigenvalue weighted by Crippen LogP contribution is 2.16. The number of nitrogens with zero attached hydrogens (tertiary/aromatic N) is 1. The fourth-order valence-corrected chi connectivity index (χ4v) is 1.88. The summed E-state index contributed by atoms with van der Waals surface area (Å²) < 4.78 is 10.5. The van der Waals surface area contributed by atoms with Crippen LogP contribution in [-0.2, 0) is 11.3 Å². The molecule has 0 fully saturated rings. The molecule has 1 aromatic carbocycles. The van der Waals surface area contributed by atoms with E-state index in [9.17, 15) is 4.79 Å². The van der Waals surface area contributed by atoms with Crippen molar-refractivity contribution in [2.45, 2.75) is 13.5 Å². The molecular formula is C13H13NO3S. The van der Waals surface area contributed by atoms with Gasteiger partial charge < -0.3 is 9.47 Å². The molecule has 0 radical (unpaired) electrons. The normalized spacial score (nSPS) is 10.1. The van der Waals surface area contributed by atoms with E-state index in [2.05, 4.69) is 4.98 Å². The van der Waals surface area contributed by atoms with Gasteiger partial charge in [-0.05, 0) is 31.2 Å². The fraction of sp³-hybridized carbons (Fsp3) is 0.231. The first-order valence-corrected chi connectivity index (χ1v) is 6.45. The van der Waals surface area contributed by atoms with Gasteiger partial charge in [-0.15, -0.1) is 11.3 Å². The summed E-state index contributed by atoms with van der Waals surface area (Å²) in [6.07, 6.45) is 1.78. The average molecular weight is 263 g/mol. The Labute approximate surface area is 109 Å². The van der Waals surface area contributed by atoms with Crippen LogP contribution in [0.3, 0.4) is 0 Å². The van der Waals surface area contributed by atoms with Gasteiger partial charge in [0.15, 0.2) is 0 Å². The van der Waals surface area contributed by atoms with Crippen molar-refractivity contribution in [3.05, 3.63) is 46.4 Å². The third-order valence-electron chi connectivity index (χ3n) is 2.23. The highest BCUT2D eigenvalue weighted by molar-refractivity contribution is 7.09. The minimum atomic E-state index is -0.313. The van der Waals surface area contributed by atoms with Gasteiger partial charge in [-0.2, -0.15) is 0 Å². The molecule has 5 heteroatoms. The summed E-state index contributed by atoms with van der Waals surface area (Å²) in [6, 6.07) is 6.90. The molecule has 0 bridgehead atoms. The zero-order valence-electron chi connectivity index (χ0n) is 9.96. The van der Waals surface area contributed by atoms with Crippen LogP contribution in [0.2, 0.25) is 0 Å². The number of esters is 1. The van der Waals surface area contributed by atoms with E-state index in [1.807, 2.05) is 0 Å². The number of benzene rings is 1. The Hall–Kier alpha value is -1.88. The number of hydrogen-bond acceptors (Lipinski definition) is 5. The van der Waals surface area contributed by atoms with Crippen LogP contribution in [0.4, 0.5) is 0 Å². The smallest absolute Gasteiger partial charge is 0.338 e. The Balaban J connectivity index is 1.93. The number of thiazole rings is 1. The van der Waals surface area contributed by atoms with Crippen LogP contribution in [-0.4, -0.2) is 17.6 Å². The van der Waals surface area contributed by atoms with Gasteiger partial charge in [0.25, 0.3) is 0 Å². The van der Waals surface area contributed by atoms with E-state index < -0.39 is 0 Å². The van der Waals surface area contributed by atoms with Crippen molar-refractivity contribution in [2.75, 3.05) is 6.61 Å². The largest absolute Gasteiger partial charge is 0.488 e. The van der Waals surface area contributed by atoms with Crippen LogP contribution < -0.4 is 4.74 Å². The van der Waals surface area contributed by atoms with Gasteiger partial charge in [0.1, 0.15) is 12.4 Å². The Morgan fingerprint density at radius 1 is 1.33 bits per heavy atom. The van der Waals surface area contributed by atoms with Crippen molar-refractivity contribution in [1.29, 1.82) is 0 Å². The molecule has 0 amide bonds. The second-order valence-electron chi connectivity index (χ2n) is 3.50. The Morgan fingerprint density at radius 2 is 2.11 bits per heavy atom. The summed E-state index contributed by atoms with van der Waals surface area (Å²) in [5, 5.41) is 0. The van der Waals surface area contributed by atoms with Gasteiger partial charge in [0, 0.05) is 6.20 Å². The van der Waals surface area contributed by atoms with Crippen molar-refractivity contribution in [3.8, 4) is 5.75 Å². The van der Waals surface area contributed by atoms with Gasteiger partial charge >= 0.3 is 5.97 Å². The topological polar surface area (TPSA) is 48.4 Å². The standard InChI is InChI=1S/C13H13NO3S/c1-2-16-13(15)10-3-5-11(6-4-10)17-8-12-7-14-9-18-12/h3-7,9H,2,8H2,1H3. The number of rotatable bonds is 5. The Bertz CT molecular complexity index is 493. The minimum absolute atomic E-state index is 0.313. The van der Waals surface area contributed by atoms with E-state index in [-0.39, 0.29) is 5.97 Å². The predicted molar refractivity (Wildman–Crippen MR) is 68.8 cm³/mol. The predicted octanol–water partition coefficient (Wildman–Crippen LogP) is 2.90. The minimum Gasteiger partial charge on any atom is -0.488 e. The third kappa shape index (κ3) is 3.30. The van der Waals surface area contributed by atoms with Crippen molar-refractivity contribution >= 4 is 17.3 Å². The van der Waals surface area contributed by atoms with Gasteiger partial charge in [-0.3, -0.25) is 4.98 Å². The highest BCUT2D eigenvalue weighted by atomic mass is 32.1. The van der Waals surface area contributed by atoms with Gasteiger partial charge in [0.2, 0.25) is 0 Å². The van der Waals surface area contributed by atoms with Crippen LogP contribution in [0.5, 0.6) is 5.75 Å². The molecule has 0 aliphatic carbocycles. The molecule has 2 aromatic rings. The van der Waals surface area contributed by atoms with E-state index in [4.69, 9.17) is 9.47 Å². The number of hydrogen-bond donors (Lipinski definition) is 0. The molecule has 4 nitrogen and oxygen atoms in total. The van der Waals surface area contributed by atoms with Gasteiger partial charge in [-0.1, -0.05) is 0 Å². The molecule has 2 rings (SSSR count). The molecule has 0 aliphatic rings. The lowest BCUT2D eigenvalue weighted by Gasteiger charge is -2.05. The fourth-order valence-electron chi connectivity index (χ4n) is 1.37. The molecule has 94 valence electrons. The monoisotopic (exact) mass is 263 g/mol. The average Bonchev–Trinajstić information content (AvgIpc) is 2.90. The molecule has 18 heavy (non-hydrogen) atoms. The molecule has 0 aliphatic heterocycles. The second-order valence-corrected chi connectivity index (χ2v) is 4.47. The molecular weight excluding hydrogens is 250 g/mol. The third-order valence-corrected chi connectivity index (χ3v) is 2.98. The van der Waals surface area contributed by atoms with Crippen molar-refractivity contribution in [3.63, 3.8) is 0 Å². The first-order valence-electron chi connectivity index (χ1n) is 5.57. The van der Waals surface area contributed by atoms with E-state index >= 15 is 0 Å². The van der Waals surface area contributed by atoms with Crippen LogP contribution in [0.25, 0.3) is 0 Å². The summed E-state index contributed by atoms with van der Waals surface area (Å²) in [7, 11) is 0. The molecule has 0 saturated carbocycles. The molecule has 0 saturated heterocycles. The summed E-state index contributed by atoms with van der Waals surface area (Å²) in [5.74, 6) is 0.406. The molecule has 0 spiro atoms. The molecule has 0 atom stereocenters. The van der Waals surface area contributed by atoms with Crippen LogP contribution in [0.1, 0.15) is 22.2 Å². The first kappa shape index (κ1) is 12.6. The summed E-state index contributed by atoms with van der Waals surface area (Å²) >= 11 is 1.55. The van der Waals surface area contributed by atoms with E-state index in [1.54, 1.807) is 54.2 Å². The summed E-state index contributed by atoms with van der Waals surface area (Å²) in [4.78, 5) is 16.5. The van der Waals surface area contributed by atoms with Crippen LogP contribution in [0, 0.1) is 0 Å². The van der Waals surface area contributed by atoms with E-state index in [0.717, 1.165) is 10.6 Å². The zero-order valence-corrected chi connectivity index (χ0v) is 10.8. The lowest BCUT2D eigenvalue weighted by molar-refractivity contribution is 0.0526. The maximum absolute atomic E-state index is 11.4. The summed E-state index contributed by atoms with van der Waals surface area (Å²) in [5.41, 5.74) is 2.30. The maximum atomic E-state index is 11.4. The van der Waals surface area contributed by atoms with Crippen LogP contribution in [0.15, 0.2) is 36.0 Å². The van der Waals surface area contributed by atoms with Crippen molar-refractivity contribution in [1.82, 2.24) is 4.98 Å². The zero-order chi connectivity index (χ0) is 12.8. The number of ether oxygens (including phenoxy) is 2. The Morgan fingerprint density at radius 3 is 2.72 bits per heavy atom. The number of aromatic nitrogens is 1. The van der Waals surface area contributed by atoms with Crippen molar-refractivity contribution in [2.24, 2.45) is 0 Å². The number of carbonyl (C=O) groups excluding carboxylic acids is 1. The quantitative estimate of drug-likeness (QED) is 0.778. The van der Waals surface area contributed by atoms with E-state index in [0.29, 0.717) is 18.8 Å². The summed E-state index contributed by atoms with van der Waals surface area (Å²) in [6.45, 7) is 2.65. The second kappa shape index (κ2) is 6.16. The Kier molecular flexibility index (Phi) is 4.30. The number of carbonyl (C=O) groups is 1. The van der Waals surface area contributed by atoms with E-state index in [1.165, 1.54) is 0 Å². The van der Waals surface area contributed by atoms with Gasteiger partial charge in [0.05, 0.1) is 22.6 Å². The first-order chi connectivity index (χ1) is 8.79. The molecule has 0 unspecified atom stereocenters. The maximum Gasteiger partial charge on any atom is 0.338 e. The SMILES string of the molecule is CCOC(=O)c1ccc(OCc2cncs2)cc1. The van der Waals surface area contributed by atoms with Crippen LogP contribution >= 0.6 is 11.3 Å².